The lowest BCUT2D eigenvalue weighted by Gasteiger charge is -2.13. The fourth-order valence-electron chi connectivity index (χ4n) is 3.24. The first kappa shape index (κ1) is 21.0. The molecule has 4 rings (SSSR count). The topological polar surface area (TPSA) is 89.7 Å². The summed E-state index contributed by atoms with van der Waals surface area (Å²) >= 11 is 7.00. The Hall–Kier alpha value is -3.29. The van der Waals surface area contributed by atoms with Crippen LogP contribution in [0.1, 0.15) is 11.1 Å². The average Bonchev–Trinajstić information content (AvgIpc) is 3.01. The molecule has 0 bridgehead atoms. The van der Waals surface area contributed by atoms with Crippen molar-refractivity contribution >= 4 is 57.3 Å². The van der Waals surface area contributed by atoms with E-state index in [1.54, 1.807) is 12.1 Å². The van der Waals surface area contributed by atoms with Gasteiger partial charge in [-0.05, 0) is 40.7 Å². The van der Waals surface area contributed by atoms with Gasteiger partial charge in [-0.3, -0.25) is 19.3 Å². The van der Waals surface area contributed by atoms with Crippen molar-refractivity contribution in [2.75, 3.05) is 6.54 Å². The van der Waals surface area contributed by atoms with Crippen LogP contribution in [0.4, 0.5) is 4.79 Å². The summed E-state index contributed by atoms with van der Waals surface area (Å²) in [6.45, 7) is -0.213. The van der Waals surface area contributed by atoms with Crippen LogP contribution < -0.4 is 10.5 Å². The van der Waals surface area contributed by atoms with E-state index in [0.29, 0.717) is 16.3 Å². The maximum Gasteiger partial charge on any atom is 0.294 e. The molecular formula is C23H17ClN2O4S. The van der Waals surface area contributed by atoms with Crippen LogP contribution in [0.3, 0.4) is 0 Å². The number of hydrogen-bond acceptors (Lipinski definition) is 5. The predicted octanol–water partition coefficient (Wildman–Crippen LogP) is 4.59. The molecule has 8 heteroatoms. The number of nitrogens with zero attached hydrogens (tertiary/aromatic N) is 1. The molecule has 1 aliphatic rings. The van der Waals surface area contributed by atoms with Crippen LogP contribution in [0.25, 0.3) is 16.8 Å². The monoisotopic (exact) mass is 452 g/mol. The molecule has 3 aromatic rings. The Kier molecular flexibility index (Phi) is 5.97. The Balaban J connectivity index is 1.73. The van der Waals surface area contributed by atoms with Gasteiger partial charge in [0.25, 0.3) is 11.1 Å². The molecular weight excluding hydrogens is 436 g/mol. The molecule has 0 aromatic heterocycles. The summed E-state index contributed by atoms with van der Waals surface area (Å²) < 4.78 is 6.05. The summed E-state index contributed by atoms with van der Waals surface area (Å²) in [5, 5.41) is 1.88. The van der Waals surface area contributed by atoms with E-state index in [-0.39, 0.29) is 11.5 Å². The van der Waals surface area contributed by atoms with Crippen molar-refractivity contribution in [3.05, 3.63) is 81.7 Å². The first-order chi connectivity index (χ1) is 14.9. The number of ether oxygens (including phenoxy) is 1. The third-order valence-electron chi connectivity index (χ3n) is 4.73. The quantitative estimate of drug-likeness (QED) is 0.552. The molecule has 0 unspecified atom stereocenters. The van der Waals surface area contributed by atoms with Gasteiger partial charge in [-0.15, -0.1) is 0 Å². The zero-order valence-corrected chi connectivity index (χ0v) is 17.8. The molecule has 1 saturated heterocycles. The van der Waals surface area contributed by atoms with Crippen molar-refractivity contribution in [2.24, 2.45) is 5.73 Å². The third-order valence-corrected chi connectivity index (χ3v) is 6.01. The Morgan fingerprint density at radius 3 is 2.58 bits per heavy atom. The highest BCUT2D eigenvalue weighted by atomic mass is 35.5. The molecule has 3 aromatic carbocycles. The van der Waals surface area contributed by atoms with Crippen LogP contribution in [0.15, 0.2) is 65.6 Å². The lowest BCUT2D eigenvalue weighted by atomic mass is 10.0. The van der Waals surface area contributed by atoms with Gasteiger partial charge in [0.1, 0.15) is 18.9 Å². The first-order valence-electron chi connectivity index (χ1n) is 9.35. The van der Waals surface area contributed by atoms with Crippen LogP contribution in [-0.2, 0) is 16.2 Å². The zero-order valence-electron chi connectivity index (χ0n) is 16.2. The maximum absolute atomic E-state index is 12.7. The lowest BCUT2D eigenvalue weighted by Crippen LogP contribution is -2.36. The summed E-state index contributed by atoms with van der Waals surface area (Å²) in [7, 11) is 0. The van der Waals surface area contributed by atoms with Gasteiger partial charge in [-0.25, -0.2) is 0 Å². The second-order valence-corrected chi connectivity index (χ2v) is 8.21. The summed E-state index contributed by atoms with van der Waals surface area (Å²) in [6, 6.07) is 18.8. The number of hydrogen-bond donors (Lipinski definition) is 1. The van der Waals surface area contributed by atoms with Crippen LogP contribution in [0.2, 0.25) is 5.02 Å². The van der Waals surface area contributed by atoms with E-state index in [1.165, 1.54) is 0 Å². The van der Waals surface area contributed by atoms with E-state index in [1.807, 2.05) is 54.6 Å². The molecule has 0 radical (unpaired) electrons. The second-order valence-electron chi connectivity index (χ2n) is 6.81. The minimum atomic E-state index is -0.752. The van der Waals surface area contributed by atoms with Gasteiger partial charge >= 0.3 is 0 Å². The number of thioether (sulfide) groups is 1. The number of primary amides is 1. The molecule has 3 amide bonds. The molecule has 2 N–H and O–H groups in total. The number of halogens is 1. The van der Waals surface area contributed by atoms with Crippen molar-refractivity contribution in [1.29, 1.82) is 0 Å². The fraction of sp³-hybridized carbons (Fsp3) is 0.0870. The first-order valence-corrected chi connectivity index (χ1v) is 10.5. The molecule has 31 heavy (non-hydrogen) atoms. The second kappa shape index (κ2) is 8.83. The van der Waals surface area contributed by atoms with Crippen molar-refractivity contribution in [1.82, 2.24) is 4.90 Å². The van der Waals surface area contributed by atoms with Gasteiger partial charge in [0.15, 0.2) is 0 Å². The molecule has 6 nitrogen and oxygen atoms in total. The van der Waals surface area contributed by atoms with E-state index in [2.05, 4.69) is 0 Å². The number of nitrogens with two attached hydrogens (primary N) is 1. The van der Waals surface area contributed by atoms with Gasteiger partial charge in [-0.2, -0.15) is 0 Å². The lowest BCUT2D eigenvalue weighted by molar-refractivity contribution is -0.127. The van der Waals surface area contributed by atoms with Crippen molar-refractivity contribution < 1.29 is 19.1 Å². The molecule has 0 atom stereocenters. The number of amides is 3. The van der Waals surface area contributed by atoms with Crippen molar-refractivity contribution in [2.45, 2.75) is 6.61 Å². The minimum absolute atomic E-state index is 0.199. The van der Waals surface area contributed by atoms with Gasteiger partial charge in [-0.1, -0.05) is 60.1 Å². The molecule has 0 aliphatic carbocycles. The van der Waals surface area contributed by atoms with Gasteiger partial charge < -0.3 is 10.5 Å². The van der Waals surface area contributed by atoms with Gasteiger partial charge in [0.05, 0.1) is 4.91 Å². The van der Waals surface area contributed by atoms with Crippen LogP contribution in [0.5, 0.6) is 5.75 Å². The Morgan fingerprint density at radius 2 is 1.81 bits per heavy atom. The van der Waals surface area contributed by atoms with Crippen molar-refractivity contribution in [3.63, 3.8) is 0 Å². The van der Waals surface area contributed by atoms with E-state index < -0.39 is 23.6 Å². The fourth-order valence-corrected chi connectivity index (χ4v) is 4.25. The molecule has 1 heterocycles. The largest absolute Gasteiger partial charge is 0.488 e. The summed E-state index contributed by atoms with van der Waals surface area (Å²) in [4.78, 5) is 37.1. The van der Waals surface area contributed by atoms with E-state index >= 15 is 0 Å². The standard InChI is InChI=1S/C23H17ClN2O4S/c24-18-8-4-2-6-15(18)13-30-19-10-9-14-5-1-3-7-16(14)17(19)11-20-22(28)26(12-21(25)27)23(29)31-20/h1-11H,12-13H2,(H2,25,27)/b20-11-. The van der Waals surface area contributed by atoms with Crippen molar-refractivity contribution in [3.8, 4) is 5.75 Å². The van der Waals surface area contributed by atoms with E-state index in [0.717, 1.165) is 33.0 Å². The Bertz CT molecular complexity index is 1240. The van der Waals surface area contributed by atoms with Crippen LogP contribution >= 0.6 is 23.4 Å². The summed E-state index contributed by atoms with van der Waals surface area (Å²) in [6.07, 6.45) is 1.62. The Morgan fingerprint density at radius 1 is 1.06 bits per heavy atom. The SMILES string of the molecule is NC(=O)CN1C(=O)S/C(=C\c2c(OCc3ccccc3Cl)ccc3ccccc23)C1=O. The highest BCUT2D eigenvalue weighted by Gasteiger charge is 2.36. The number of imide groups is 1. The van der Waals surface area contributed by atoms with E-state index in [4.69, 9.17) is 22.1 Å². The van der Waals surface area contributed by atoms with Gasteiger partial charge in [0.2, 0.25) is 5.91 Å². The number of benzene rings is 3. The molecule has 1 fully saturated rings. The highest BCUT2D eigenvalue weighted by molar-refractivity contribution is 8.18. The summed E-state index contributed by atoms with van der Waals surface area (Å²) in [5.74, 6) is -0.767. The normalized spacial score (nSPS) is 15.1. The van der Waals surface area contributed by atoms with Gasteiger partial charge in [0, 0.05) is 16.1 Å². The number of fused-ring (bicyclic) bond motifs is 1. The Labute approximate surface area is 187 Å². The smallest absolute Gasteiger partial charge is 0.294 e. The molecule has 0 spiro atoms. The van der Waals surface area contributed by atoms with Crippen LogP contribution in [-0.4, -0.2) is 28.5 Å². The number of carbonyl (C=O) groups is 3. The molecule has 156 valence electrons. The zero-order chi connectivity index (χ0) is 22.0. The highest BCUT2D eigenvalue weighted by Crippen LogP contribution is 2.37. The average molecular weight is 453 g/mol. The third kappa shape index (κ3) is 4.42. The van der Waals surface area contributed by atoms with E-state index in [9.17, 15) is 14.4 Å². The molecule has 0 saturated carbocycles. The summed E-state index contributed by atoms with van der Waals surface area (Å²) in [5.41, 5.74) is 6.64. The predicted molar refractivity (Wildman–Crippen MR) is 122 cm³/mol. The number of rotatable bonds is 6. The van der Waals surface area contributed by atoms with Crippen LogP contribution in [0, 0.1) is 0 Å². The molecule has 1 aliphatic heterocycles. The maximum atomic E-state index is 12.7. The number of carbonyl (C=O) groups excluding carboxylic acids is 3. The minimum Gasteiger partial charge on any atom is -0.488 e.